The highest BCUT2D eigenvalue weighted by atomic mass is 32.1. The van der Waals surface area contributed by atoms with Crippen LogP contribution in [0.15, 0.2) is 6.20 Å². The molecule has 1 heterocycles. The quantitative estimate of drug-likeness (QED) is 0.605. The van der Waals surface area contributed by atoms with Crippen LogP contribution in [0, 0.1) is 6.92 Å². The molecule has 114 valence electrons. The number of hydrogen-bond acceptors (Lipinski definition) is 6. The molecule has 1 aliphatic carbocycles. The van der Waals surface area contributed by atoms with Gasteiger partial charge >= 0.3 is 5.97 Å². The van der Waals surface area contributed by atoms with Crippen molar-refractivity contribution < 1.29 is 9.53 Å². The van der Waals surface area contributed by atoms with Gasteiger partial charge < -0.3 is 15.4 Å². The zero-order valence-electron chi connectivity index (χ0n) is 12.3. The maximum Gasteiger partial charge on any atom is 0.341 e. The van der Waals surface area contributed by atoms with E-state index in [1.54, 1.807) is 13.8 Å². The molecule has 0 aliphatic heterocycles. The third-order valence-electron chi connectivity index (χ3n) is 3.31. The highest BCUT2D eigenvalue weighted by Gasteiger charge is 2.31. The molecule has 0 unspecified atom stereocenters. The van der Waals surface area contributed by atoms with Crippen LogP contribution >= 0.6 is 12.2 Å². The number of thiocarbonyl (C=S) groups is 1. The van der Waals surface area contributed by atoms with Gasteiger partial charge in [0.1, 0.15) is 0 Å². The summed E-state index contributed by atoms with van der Waals surface area (Å²) in [6, 6.07) is 0.451. The molecule has 7 heteroatoms. The number of anilines is 1. The fraction of sp³-hybridized carbons (Fsp3) is 0.571. The van der Waals surface area contributed by atoms with Gasteiger partial charge in [-0.05, 0) is 26.7 Å². The lowest BCUT2D eigenvalue weighted by Gasteiger charge is -2.22. The first-order valence-electron chi connectivity index (χ1n) is 7.08. The highest BCUT2D eigenvalue weighted by Crippen LogP contribution is 2.30. The highest BCUT2D eigenvalue weighted by molar-refractivity contribution is 7.80. The largest absolute Gasteiger partial charge is 0.462 e. The first-order chi connectivity index (χ1) is 10.0. The predicted octanol–water partition coefficient (Wildman–Crippen LogP) is 1.61. The number of nitrogens with zero attached hydrogens (tertiary/aromatic N) is 3. The van der Waals surface area contributed by atoms with Crippen LogP contribution in [0.4, 0.5) is 5.95 Å². The molecule has 2 N–H and O–H groups in total. The summed E-state index contributed by atoms with van der Waals surface area (Å²) in [7, 11) is 0. The summed E-state index contributed by atoms with van der Waals surface area (Å²) in [5.74, 6) is 0.238. The van der Waals surface area contributed by atoms with Crippen molar-refractivity contribution in [1.29, 1.82) is 0 Å². The van der Waals surface area contributed by atoms with Crippen molar-refractivity contribution in [2.45, 2.75) is 39.2 Å². The van der Waals surface area contributed by atoms with Gasteiger partial charge in [0, 0.05) is 25.2 Å². The summed E-state index contributed by atoms with van der Waals surface area (Å²) in [5, 5.41) is 0. The lowest BCUT2D eigenvalue weighted by molar-refractivity contribution is 0.0524. The Morgan fingerprint density at radius 2 is 2.29 bits per heavy atom. The number of ether oxygens (including phenoxy) is 1. The molecule has 1 saturated carbocycles. The number of carbonyl (C=O) groups excluding carboxylic acids is 1. The van der Waals surface area contributed by atoms with Gasteiger partial charge in [-0.1, -0.05) is 12.2 Å². The number of hydrogen-bond donors (Lipinski definition) is 1. The van der Waals surface area contributed by atoms with E-state index in [0.717, 1.165) is 12.8 Å². The van der Waals surface area contributed by atoms with Gasteiger partial charge in [-0.3, -0.25) is 0 Å². The monoisotopic (exact) mass is 308 g/mol. The van der Waals surface area contributed by atoms with Crippen molar-refractivity contribution in [2.75, 3.05) is 18.1 Å². The van der Waals surface area contributed by atoms with E-state index in [1.165, 1.54) is 6.20 Å². The van der Waals surface area contributed by atoms with E-state index in [-0.39, 0.29) is 5.97 Å². The summed E-state index contributed by atoms with van der Waals surface area (Å²) in [6.45, 7) is 4.60. The number of rotatable bonds is 7. The Labute approximate surface area is 129 Å². The van der Waals surface area contributed by atoms with Crippen molar-refractivity contribution in [3.63, 3.8) is 0 Å². The van der Waals surface area contributed by atoms with Crippen LogP contribution in [0.3, 0.4) is 0 Å². The molecule has 0 radical (unpaired) electrons. The summed E-state index contributed by atoms with van der Waals surface area (Å²) in [5.41, 5.74) is 6.60. The lowest BCUT2D eigenvalue weighted by Crippen LogP contribution is -2.31. The predicted molar refractivity (Wildman–Crippen MR) is 84.5 cm³/mol. The van der Waals surface area contributed by atoms with E-state index < -0.39 is 0 Å². The van der Waals surface area contributed by atoms with E-state index in [4.69, 9.17) is 22.7 Å². The van der Waals surface area contributed by atoms with E-state index >= 15 is 0 Å². The van der Waals surface area contributed by atoms with Crippen LogP contribution in [0.25, 0.3) is 0 Å². The second-order valence-electron chi connectivity index (χ2n) is 5.03. The van der Waals surface area contributed by atoms with Gasteiger partial charge in [-0.15, -0.1) is 0 Å². The molecule has 1 fully saturated rings. The molecule has 2 rings (SSSR count). The van der Waals surface area contributed by atoms with Gasteiger partial charge in [0.15, 0.2) is 0 Å². The van der Waals surface area contributed by atoms with Crippen LogP contribution in [0.2, 0.25) is 0 Å². The summed E-state index contributed by atoms with van der Waals surface area (Å²) >= 11 is 4.93. The summed E-state index contributed by atoms with van der Waals surface area (Å²) in [6.07, 6.45) is 4.42. The molecular weight excluding hydrogens is 288 g/mol. The second-order valence-corrected chi connectivity index (χ2v) is 5.55. The minimum atomic E-state index is -0.386. The van der Waals surface area contributed by atoms with E-state index in [9.17, 15) is 4.79 Å². The Hall–Kier alpha value is -1.76. The van der Waals surface area contributed by atoms with E-state index in [1.807, 2.05) is 0 Å². The fourth-order valence-electron chi connectivity index (χ4n) is 2.07. The summed E-state index contributed by atoms with van der Waals surface area (Å²) < 4.78 is 4.98. The maximum atomic E-state index is 11.8. The summed E-state index contributed by atoms with van der Waals surface area (Å²) in [4.78, 5) is 23.1. The fourth-order valence-corrected chi connectivity index (χ4v) is 2.16. The van der Waals surface area contributed by atoms with E-state index in [2.05, 4.69) is 14.9 Å². The van der Waals surface area contributed by atoms with Crippen molar-refractivity contribution >= 4 is 29.1 Å². The average molecular weight is 308 g/mol. The lowest BCUT2D eigenvalue weighted by atomic mass is 10.2. The normalized spacial score (nSPS) is 13.8. The maximum absolute atomic E-state index is 11.8. The van der Waals surface area contributed by atoms with Crippen LogP contribution < -0.4 is 10.6 Å². The van der Waals surface area contributed by atoms with E-state index in [0.29, 0.717) is 47.8 Å². The zero-order valence-corrected chi connectivity index (χ0v) is 13.2. The number of nitrogens with two attached hydrogens (primary N) is 1. The molecule has 0 atom stereocenters. The number of aromatic nitrogens is 2. The Kier molecular flexibility index (Phi) is 5.06. The number of esters is 1. The average Bonchev–Trinajstić information content (AvgIpc) is 3.23. The Balaban J connectivity index is 2.16. The topological polar surface area (TPSA) is 81.3 Å². The van der Waals surface area contributed by atoms with Crippen molar-refractivity contribution in [3.05, 3.63) is 17.5 Å². The Morgan fingerprint density at radius 1 is 1.57 bits per heavy atom. The Bertz CT molecular complexity index is 546. The van der Waals surface area contributed by atoms with Crippen LogP contribution in [0.1, 0.15) is 42.2 Å². The van der Waals surface area contributed by atoms with Gasteiger partial charge in [0.25, 0.3) is 0 Å². The first kappa shape index (κ1) is 15.6. The molecule has 0 saturated heterocycles. The molecule has 1 aromatic heterocycles. The Morgan fingerprint density at radius 3 is 2.81 bits per heavy atom. The molecule has 1 aliphatic rings. The first-order valence-corrected chi connectivity index (χ1v) is 7.49. The smallest absolute Gasteiger partial charge is 0.341 e. The third-order valence-corrected chi connectivity index (χ3v) is 3.51. The van der Waals surface area contributed by atoms with Gasteiger partial charge in [-0.2, -0.15) is 0 Å². The molecule has 0 spiro atoms. The third kappa shape index (κ3) is 4.10. The molecule has 0 aromatic carbocycles. The second kappa shape index (κ2) is 6.80. The van der Waals surface area contributed by atoms with Gasteiger partial charge in [0.2, 0.25) is 5.95 Å². The van der Waals surface area contributed by atoms with Crippen molar-refractivity contribution in [3.8, 4) is 0 Å². The molecule has 21 heavy (non-hydrogen) atoms. The molecule has 6 nitrogen and oxygen atoms in total. The van der Waals surface area contributed by atoms with Crippen LogP contribution in [-0.4, -0.2) is 40.1 Å². The molecule has 0 bridgehead atoms. The minimum absolute atomic E-state index is 0.335. The SMILES string of the molecule is CCOC(=O)c1cnc(N(CCC(N)=S)C2CC2)nc1C. The van der Waals surface area contributed by atoms with Gasteiger partial charge in [-0.25, -0.2) is 14.8 Å². The van der Waals surface area contributed by atoms with Crippen LogP contribution in [0.5, 0.6) is 0 Å². The minimum Gasteiger partial charge on any atom is -0.462 e. The van der Waals surface area contributed by atoms with Crippen LogP contribution in [-0.2, 0) is 4.74 Å². The number of aryl methyl sites for hydroxylation is 1. The van der Waals surface area contributed by atoms with Gasteiger partial charge in [0.05, 0.1) is 22.9 Å². The number of carbonyl (C=O) groups is 1. The van der Waals surface area contributed by atoms with Crippen molar-refractivity contribution in [2.24, 2.45) is 5.73 Å². The standard InChI is InChI=1S/C14H20N4O2S/c1-3-20-13(19)11-8-16-14(17-9(11)2)18(10-4-5-10)7-6-12(15)21/h8,10H,3-7H2,1-2H3,(H2,15,21). The zero-order chi connectivity index (χ0) is 15.4. The molecule has 1 aromatic rings. The molecule has 0 amide bonds. The van der Waals surface area contributed by atoms with Crippen molar-refractivity contribution in [1.82, 2.24) is 9.97 Å². The molecular formula is C14H20N4O2S.